The molecular weight excluding hydrogens is 228 g/mol. The zero-order valence-corrected chi connectivity index (χ0v) is 10.8. The van der Waals surface area contributed by atoms with Gasteiger partial charge in [-0.1, -0.05) is 30.0 Å². The maximum Gasteiger partial charge on any atom is 0.121 e. The normalized spacial score (nSPS) is 13.1. The third-order valence-electron chi connectivity index (χ3n) is 3.39. The van der Waals surface area contributed by atoms with Gasteiger partial charge in [0.1, 0.15) is 5.75 Å². The fourth-order valence-corrected chi connectivity index (χ4v) is 3.58. The molecule has 0 radical (unpaired) electrons. The number of aromatic hydroxyl groups is 1. The minimum absolute atomic E-state index is 0.448. The second kappa shape index (κ2) is 3.81. The smallest absolute Gasteiger partial charge is 0.121 e. The first-order valence-corrected chi connectivity index (χ1v) is 6.56. The van der Waals surface area contributed by atoms with Crippen molar-refractivity contribution >= 4 is 11.8 Å². The van der Waals surface area contributed by atoms with E-state index in [1.807, 2.05) is 25.6 Å². The lowest BCUT2D eigenvalue weighted by Crippen LogP contribution is -2.02. The van der Waals surface area contributed by atoms with E-state index in [4.69, 9.17) is 0 Å². The summed E-state index contributed by atoms with van der Waals surface area (Å²) < 4.78 is 0. The molecule has 0 saturated heterocycles. The lowest BCUT2D eigenvalue weighted by molar-refractivity contribution is 0.465. The summed E-state index contributed by atoms with van der Waals surface area (Å²) >= 11 is 1.81. The van der Waals surface area contributed by atoms with Crippen LogP contribution in [-0.2, 0) is 6.42 Å². The Kier molecular flexibility index (Phi) is 2.40. The van der Waals surface area contributed by atoms with Gasteiger partial charge in [0.2, 0.25) is 0 Å². The summed E-state index contributed by atoms with van der Waals surface area (Å²) in [6.07, 6.45) is 0.929. The first-order chi connectivity index (χ1) is 8.16. The Morgan fingerprint density at radius 2 is 1.88 bits per heavy atom. The SMILES string of the molecule is Cc1cc2c(c(C)c1O)Cc1ccccc1S2. The fourth-order valence-electron chi connectivity index (χ4n) is 2.34. The van der Waals surface area contributed by atoms with Crippen LogP contribution in [0.15, 0.2) is 40.1 Å². The van der Waals surface area contributed by atoms with Gasteiger partial charge in [-0.15, -0.1) is 0 Å². The van der Waals surface area contributed by atoms with Crippen LogP contribution >= 0.6 is 11.8 Å². The number of aryl methyl sites for hydroxylation is 1. The second-order valence-corrected chi connectivity index (χ2v) is 5.61. The summed E-state index contributed by atoms with van der Waals surface area (Å²) in [6.45, 7) is 3.97. The molecule has 1 heterocycles. The molecule has 0 saturated carbocycles. The van der Waals surface area contributed by atoms with Crippen LogP contribution in [0.4, 0.5) is 0 Å². The van der Waals surface area contributed by atoms with E-state index in [0.29, 0.717) is 5.75 Å². The van der Waals surface area contributed by atoms with Gasteiger partial charge < -0.3 is 5.11 Å². The van der Waals surface area contributed by atoms with E-state index in [1.165, 1.54) is 20.9 Å². The van der Waals surface area contributed by atoms with Crippen molar-refractivity contribution in [3.63, 3.8) is 0 Å². The second-order valence-electron chi connectivity index (χ2n) is 4.53. The van der Waals surface area contributed by atoms with Crippen LogP contribution in [0, 0.1) is 13.8 Å². The molecule has 0 spiro atoms. The van der Waals surface area contributed by atoms with Crippen molar-refractivity contribution in [3.05, 3.63) is 52.6 Å². The number of hydrogen-bond acceptors (Lipinski definition) is 2. The molecule has 2 aromatic rings. The molecule has 86 valence electrons. The number of phenolic OH excluding ortho intramolecular Hbond substituents is 1. The van der Waals surface area contributed by atoms with Gasteiger partial charge in [-0.2, -0.15) is 0 Å². The molecule has 17 heavy (non-hydrogen) atoms. The summed E-state index contributed by atoms with van der Waals surface area (Å²) in [6, 6.07) is 10.6. The van der Waals surface area contributed by atoms with E-state index in [2.05, 4.69) is 30.3 Å². The Balaban J connectivity index is 2.18. The Morgan fingerprint density at radius 3 is 2.71 bits per heavy atom. The third-order valence-corrected chi connectivity index (χ3v) is 4.59. The van der Waals surface area contributed by atoms with E-state index >= 15 is 0 Å². The van der Waals surface area contributed by atoms with E-state index < -0.39 is 0 Å². The first-order valence-electron chi connectivity index (χ1n) is 5.74. The van der Waals surface area contributed by atoms with Gasteiger partial charge in [0, 0.05) is 16.2 Å². The van der Waals surface area contributed by atoms with Crippen LogP contribution < -0.4 is 0 Å². The molecule has 1 aliphatic heterocycles. The molecular formula is C15H14OS. The van der Waals surface area contributed by atoms with Gasteiger partial charge in [0.25, 0.3) is 0 Å². The number of fused-ring (bicyclic) bond motifs is 2. The van der Waals surface area contributed by atoms with Crippen LogP contribution in [-0.4, -0.2) is 5.11 Å². The first kappa shape index (κ1) is 10.7. The van der Waals surface area contributed by atoms with Gasteiger partial charge in [-0.25, -0.2) is 0 Å². The van der Waals surface area contributed by atoms with Gasteiger partial charge in [-0.3, -0.25) is 0 Å². The molecule has 0 aromatic heterocycles. The van der Waals surface area contributed by atoms with Crippen LogP contribution in [0.2, 0.25) is 0 Å². The van der Waals surface area contributed by atoms with Crippen molar-refractivity contribution in [1.82, 2.24) is 0 Å². The van der Waals surface area contributed by atoms with Crippen molar-refractivity contribution < 1.29 is 5.11 Å². The quantitative estimate of drug-likeness (QED) is 0.641. The van der Waals surface area contributed by atoms with Gasteiger partial charge >= 0.3 is 0 Å². The van der Waals surface area contributed by atoms with Crippen LogP contribution in [0.3, 0.4) is 0 Å². The summed E-state index contributed by atoms with van der Waals surface area (Å²) in [4.78, 5) is 2.63. The molecule has 0 fully saturated rings. The monoisotopic (exact) mass is 242 g/mol. The van der Waals surface area contributed by atoms with Crippen molar-refractivity contribution in [2.24, 2.45) is 0 Å². The largest absolute Gasteiger partial charge is 0.507 e. The van der Waals surface area contributed by atoms with E-state index in [0.717, 1.165) is 17.5 Å². The summed E-state index contributed by atoms with van der Waals surface area (Å²) in [5, 5.41) is 10.0. The van der Waals surface area contributed by atoms with E-state index in [9.17, 15) is 5.11 Å². The van der Waals surface area contributed by atoms with Crippen LogP contribution in [0.25, 0.3) is 0 Å². The van der Waals surface area contributed by atoms with Gasteiger partial charge in [-0.05, 0) is 48.2 Å². The molecule has 0 amide bonds. The molecule has 3 rings (SSSR count). The van der Waals surface area contributed by atoms with Crippen molar-refractivity contribution in [3.8, 4) is 5.75 Å². The zero-order valence-electron chi connectivity index (χ0n) is 9.95. The molecule has 2 heteroatoms. The summed E-state index contributed by atoms with van der Waals surface area (Å²) in [7, 11) is 0. The molecule has 0 atom stereocenters. The highest BCUT2D eigenvalue weighted by Gasteiger charge is 2.20. The summed E-state index contributed by atoms with van der Waals surface area (Å²) in [5.41, 5.74) is 4.63. The summed E-state index contributed by atoms with van der Waals surface area (Å²) in [5.74, 6) is 0.448. The molecule has 0 bridgehead atoms. The van der Waals surface area contributed by atoms with Gasteiger partial charge in [0.05, 0.1) is 0 Å². The molecule has 1 N–H and O–H groups in total. The zero-order chi connectivity index (χ0) is 12.0. The van der Waals surface area contributed by atoms with Crippen molar-refractivity contribution in [2.75, 3.05) is 0 Å². The van der Waals surface area contributed by atoms with Crippen molar-refractivity contribution in [1.29, 1.82) is 0 Å². The maximum atomic E-state index is 10.0. The van der Waals surface area contributed by atoms with Crippen LogP contribution in [0.5, 0.6) is 5.75 Å². The fraction of sp³-hybridized carbons (Fsp3) is 0.200. The third kappa shape index (κ3) is 1.64. The standard InChI is InChI=1S/C15H14OS/c1-9-7-14-12(10(2)15(9)16)8-11-5-3-4-6-13(11)17-14/h3-7,16H,8H2,1-2H3. The average Bonchev–Trinajstić information content (AvgIpc) is 2.34. The topological polar surface area (TPSA) is 20.2 Å². The number of rotatable bonds is 0. The number of phenols is 1. The predicted molar refractivity (Wildman–Crippen MR) is 71.0 cm³/mol. The highest BCUT2D eigenvalue weighted by molar-refractivity contribution is 7.99. The molecule has 2 aromatic carbocycles. The highest BCUT2D eigenvalue weighted by Crippen LogP contribution is 2.43. The lowest BCUT2D eigenvalue weighted by atomic mass is 9.97. The predicted octanol–water partition coefficient (Wildman–Crippen LogP) is 4.06. The lowest BCUT2D eigenvalue weighted by Gasteiger charge is -2.22. The minimum atomic E-state index is 0.448. The Labute approximate surface area is 105 Å². The Hall–Kier alpha value is -1.41. The number of hydrogen-bond donors (Lipinski definition) is 1. The Morgan fingerprint density at radius 1 is 1.12 bits per heavy atom. The number of benzene rings is 2. The van der Waals surface area contributed by atoms with Crippen molar-refractivity contribution in [2.45, 2.75) is 30.1 Å². The molecule has 1 aliphatic rings. The molecule has 1 nitrogen and oxygen atoms in total. The molecule has 0 aliphatic carbocycles. The Bertz CT molecular complexity index is 602. The minimum Gasteiger partial charge on any atom is -0.507 e. The molecule has 0 unspecified atom stereocenters. The van der Waals surface area contributed by atoms with Crippen LogP contribution in [0.1, 0.15) is 22.3 Å². The highest BCUT2D eigenvalue weighted by atomic mass is 32.2. The average molecular weight is 242 g/mol. The maximum absolute atomic E-state index is 10.0. The van der Waals surface area contributed by atoms with E-state index in [-0.39, 0.29) is 0 Å². The van der Waals surface area contributed by atoms with E-state index in [1.54, 1.807) is 0 Å². The van der Waals surface area contributed by atoms with Gasteiger partial charge in [0.15, 0.2) is 0 Å².